The number of nitrogens with zero attached hydrogens (tertiary/aromatic N) is 1. The standard InChI is InChI=1S/C11H17FN2/c1-8-4-5-9(6-10(8)12)11(7-13)14(2)3/h4-6,11H,7,13H2,1-3H3/t11-/m0/s1. The smallest absolute Gasteiger partial charge is 0.126 e. The Labute approximate surface area is 84.5 Å². The van der Waals surface area contributed by atoms with Gasteiger partial charge >= 0.3 is 0 Å². The number of nitrogens with two attached hydrogens (primary N) is 1. The average molecular weight is 196 g/mol. The van der Waals surface area contributed by atoms with Crippen molar-refractivity contribution in [1.29, 1.82) is 0 Å². The molecule has 0 aliphatic heterocycles. The molecular formula is C11H17FN2. The van der Waals surface area contributed by atoms with Gasteiger partial charge in [0.25, 0.3) is 0 Å². The summed E-state index contributed by atoms with van der Waals surface area (Å²) in [6.07, 6.45) is 0. The lowest BCUT2D eigenvalue weighted by Gasteiger charge is -2.23. The highest BCUT2D eigenvalue weighted by Crippen LogP contribution is 2.19. The van der Waals surface area contributed by atoms with E-state index in [-0.39, 0.29) is 11.9 Å². The largest absolute Gasteiger partial charge is 0.329 e. The van der Waals surface area contributed by atoms with Crippen LogP contribution in [0.5, 0.6) is 0 Å². The second kappa shape index (κ2) is 4.53. The molecule has 0 unspecified atom stereocenters. The van der Waals surface area contributed by atoms with Crippen molar-refractivity contribution >= 4 is 0 Å². The highest BCUT2D eigenvalue weighted by atomic mass is 19.1. The molecule has 1 atom stereocenters. The van der Waals surface area contributed by atoms with E-state index in [1.165, 1.54) is 0 Å². The van der Waals surface area contributed by atoms with Crippen molar-refractivity contribution in [3.05, 3.63) is 35.1 Å². The van der Waals surface area contributed by atoms with Crippen molar-refractivity contribution in [3.8, 4) is 0 Å². The zero-order valence-corrected chi connectivity index (χ0v) is 8.92. The minimum Gasteiger partial charge on any atom is -0.329 e. The first-order chi connectivity index (χ1) is 6.56. The zero-order chi connectivity index (χ0) is 10.7. The number of hydrogen-bond acceptors (Lipinski definition) is 2. The number of rotatable bonds is 3. The Bertz CT molecular complexity index is 310. The molecule has 1 aromatic rings. The molecular weight excluding hydrogens is 179 g/mol. The van der Waals surface area contributed by atoms with E-state index < -0.39 is 0 Å². The summed E-state index contributed by atoms with van der Waals surface area (Å²) in [7, 11) is 3.88. The molecule has 2 N–H and O–H groups in total. The molecule has 78 valence electrons. The number of aryl methyl sites for hydroxylation is 1. The molecule has 0 aromatic heterocycles. The van der Waals surface area contributed by atoms with Crippen LogP contribution < -0.4 is 5.73 Å². The molecule has 0 aliphatic carbocycles. The van der Waals surface area contributed by atoms with Gasteiger partial charge in [0.1, 0.15) is 5.82 Å². The summed E-state index contributed by atoms with van der Waals surface area (Å²) >= 11 is 0. The van der Waals surface area contributed by atoms with Gasteiger partial charge in [0.15, 0.2) is 0 Å². The van der Waals surface area contributed by atoms with Gasteiger partial charge < -0.3 is 10.6 Å². The molecule has 3 heteroatoms. The van der Waals surface area contributed by atoms with Gasteiger partial charge in [-0.05, 0) is 38.2 Å². The monoisotopic (exact) mass is 196 g/mol. The van der Waals surface area contributed by atoms with Crippen LogP contribution in [-0.2, 0) is 0 Å². The third-order valence-electron chi connectivity index (χ3n) is 2.43. The van der Waals surface area contributed by atoms with Gasteiger partial charge in [-0.25, -0.2) is 4.39 Å². The maximum atomic E-state index is 13.3. The summed E-state index contributed by atoms with van der Waals surface area (Å²) in [5.74, 6) is -0.164. The zero-order valence-electron chi connectivity index (χ0n) is 8.92. The first-order valence-electron chi connectivity index (χ1n) is 4.68. The quantitative estimate of drug-likeness (QED) is 0.797. The Kier molecular flexibility index (Phi) is 3.61. The first-order valence-corrected chi connectivity index (χ1v) is 4.68. The lowest BCUT2D eigenvalue weighted by molar-refractivity contribution is 0.305. The summed E-state index contributed by atoms with van der Waals surface area (Å²) in [6.45, 7) is 2.25. The molecule has 0 spiro atoms. The van der Waals surface area contributed by atoms with Gasteiger partial charge in [0.05, 0.1) is 0 Å². The van der Waals surface area contributed by atoms with Crippen molar-refractivity contribution in [2.75, 3.05) is 20.6 Å². The van der Waals surface area contributed by atoms with E-state index in [0.29, 0.717) is 12.1 Å². The van der Waals surface area contributed by atoms with Gasteiger partial charge in [-0.1, -0.05) is 12.1 Å². The highest BCUT2D eigenvalue weighted by Gasteiger charge is 2.12. The maximum absolute atomic E-state index is 13.3. The van der Waals surface area contributed by atoms with Crippen LogP contribution in [0.25, 0.3) is 0 Å². The van der Waals surface area contributed by atoms with Gasteiger partial charge in [0, 0.05) is 12.6 Å². The van der Waals surface area contributed by atoms with E-state index in [0.717, 1.165) is 5.56 Å². The third-order valence-corrected chi connectivity index (χ3v) is 2.43. The first kappa shape index (κ1) is 11.1. The second-order valence-electron chi connectivity index (χ2n) is 3.72. The molecule has 0 amide bonds. The Morgan fingerprint density at radius 1 is 1.43 bits per heavy atom. The lowest BCUT2D eigenvalue weighted by Crippen LogP contribution is -2.27. The lowest BCUT2D eigenvalue weighted by atomic mass is 10.0. The molecule has 0 radical (unpaired) electrons. The second-order valence-corrected chi connectivity index (χ2v) is 3.72. The fraction of sp³-hybridized carbons (Fsp3) is 0.455. The van der Waals surface area contributed by atoms with Crippen molar-refractivity contribution in [1.82, 2.24) is 4.90 Å². The summed E-state index contributed by atoms with van der Waals surface area (Å²) in [5, 5.41) is 0. The fourth-order valence-electron chi connectivity index (χ4n) is 1.46. The van der Waals surface area contributed by atoms with Gasteiger partial charge in [-0.3, -0.25) is 0 Å². The van der Waals surface area contributed by atoms with Crippen LogP contribution in [0.3, 0.4) is 0 Å². The predicted molar refractivity (Wildman–Crippen MR) is 56.6 cm³/mol. The minimum absolute atomic E-state index is 0.0881. The van der Waals surface area contributed by atoms with Gasteiger partial charge in [-0.2, -0.15) is 0 Å². The average Bonchev–Trinajstić information content (AvgIpc) is 2.11. The number of benzene rings is 1. The van der Waals surface area contributed by atoms with E-state index in [4.69, 9.17) is 5.73 Å². The van der Waals surface area contributed by atoms with Crippen LogP contribution in [-0.4, -0.2) is 25.5 Å². The molecule has 14 heavy (non-hydrogen) atoms. The van der Waals surface area contributed by atoms with Gasteiger partial charge in [-0.15, -0.1) is 0 Å². The maximum Gasteiger partial charge on any atom is 0.126 e. The van der Waals surface area contributed by atoms with Gasteiger partial charge in [0.2, 0.25) is 0 Å². The third kappa shape index (κ3) is 2.30. The molecule has 2 nitrogen and oxygen atoms in total. The van der Waals surface area contributed by atoms with E-state index in [9.17, 15) is 4.39 Å². The van der Waals surface area contributed by atoms with Crippen LogP contribution in [0.4, 0.5) is 4.39 Å². The summed E-state index contributed by atoms with van der Waals surface area (Å²) in [5.41, 5.74) is 7.23. The topological polar surface area (TPSA) is 29.3 Å². The number of halogens is 1. The predicted octanol–water partition coefficient (Wildman–Crippen LogP) is 1.70. The molecule has 0 fully saturated rings. The van der Waals surface area contributed by atoms with E-state index in [2.05, 4.69) is 0 Å². The van der Waals surface area contributed by atoms with Crippen LogP contribution in [0.2, 0.25) is 0 Å². The number of hydrogen-bond donors (Lipinski definition) is 1. The Morgan fingerprint density at radius 2 is 2.07 bits per heavy atom. The molecule has 0 aliphatic rings. The van der Waals surface area contributed by atoms with Crippen molar-refractivity contribution in [3.63, 3.8) is 0 Å². The Morgan fingerprint density at radius 3 is 2.50 bits per heavy atom. The Balaban J connectivity index is 3.00. The minimum atomic E-state index is -0.164. The van der Waals surface area contributed by atoms with Crippen LogP contribution in [0.1, 0.15) is 17.2 Å². The van der Waals surface area contributed by atoms with Crippen LogP contribution in [0.15, 0.2) is 18.2 Å². The van der Waals surface area contributed by atoms with E-state index in [1.54, 1.807) is 19.1 Å². The van der Waals surface area contributed by atoms with Crippen LogP contribution in [0, 0.1) is 12.7 Å². The number of likely N-dealkylation sites (N-methyl/N-ethyl adjacent to an activating group) is 1. The van der Waals surface area contributed by atoms with Crippen molar-refractivity contribution in [2.45, 2.75) is 13.0 Å². The molecule has 0 heterocycles. The molecule has 0 bridgehead atoms. The SMILES string of the molecule is Cc1ccc([C@H](CN)N(C)C)cc1F. The summed E-state index contributed by atoms with van der Waals surface area (Å²) < 4.78 is 13.3. The summed E-state index contributed by atoms with van der Waals surface area (Å²) in [4.78, 5) is 1.99. The molecule has 0 saturated heterocycles. The Hall–Kier alpha value is -0.930. The summed E-state index contributed by atoms with van der Waals surface area (Å²) in [6, 6.07) is 5.37. The van der Waals surface area contributed by atoms with E-state index in [1.807, 2.05) is 25.1 Å². The fourth-order valence-corrected chi connectivity index (χ4v) is 1.46. The van der Waals surface area contributed by atoms with Crippen LogP contribution >= 0.6 is 0 Å². The highest BCUT2D eigenvalue weighted by molar-refractivity contribution is 5.26. The van der Waals surface area contributed by atoms with Crippen molar-refractivity contribution in [2.24, 2.45) is 5.73 Å². The molecule has 1 aromatic carbocycles. The molecule has 1 rings (SSSR count). The normalized spacial score (nSPS) is 13.3. The molecule has 0 saturated carbocycles. The van der Waals surface area contributed by atoms with E-state index >= 15 is 0 Å². The van der Waals surface area contributed by atoms with Crippen molar-refractivity contribution < 1.29 is 4.39 Å².